The first-order valence-electron chi connectivity index (χ1n) is 8.42. The number of aryl methyl sites for hydroxylation is 1. The van der Waals surface area contributed by atoms with E-state index in [-0.39, 0.29) is 5.69 Å². The molecule has 4 aromatic rings. The summed E-state index contributed by atoms with van der Waals surface area (Å²) in [5.74, 6) is -1.43. The van der Waals surface area contributed by atoms with E-state index in [2.05, 4.69) is 25.3 Å². The summed E-state index contributed by atoms with van der Waals surface area (Å²) < 4.78 is 29.7. The van der Waals surface area contributed by atoms with Crippen molar-refractivity contribution in [3.8, 4) is 22.5 Å². The number of aromatic amines is 1. The number of nitrogens with one attached hydrogen (secondary N) is 1. The third-order valence-corrected chi connectivity index (χ3v) is 4.75. The topological polar surface area (TPSA) is 72.3 Å². The van der Waals surface area contributed by atoms with E-state index in [9.17, 15) is 8.78 Å². The molecular formula is C18H14F2N6. The van der Waals surface area contributed by atoms with Crippen molar-refractivity contribution < 1.29 is 8.78 Å². The zero-order valence-electron chi connectivity index (χ0n) is 13.7. The lowest BCUT2D eigenvalue weighted by Crippen LogP contribution is -2.11. The lowest BCUT2D eigenvalue weighted by Gasteiger charge is -2.15. The summed E-state index contributed by atoms with van der Waals surface area (Å²) in [7, 11) is 0. The number of fused-ring (bicyclic) bond motifs is 2. The van der Waals surface area contributed by atoms with Crippen LogP contribution in [0.2, 0.25) is 0 Å². The third kappa shape index (κ3) is 2.22. The zero-order valence-corrected chi connectivity index (χ0v) is 13.7. The largest absolute Gasteiger partial charge is 0.268 e. The molecule has 0 atom stereocenters. The Labute approximate surface area is 146 Å². The molecule has 0 aromatic carbocycles. The smallest absolute Gasteiger partial charge is 0.155 e. The molecule has 130 valence electrons. The van der Waals surface area contributed by atoms with Gasteiger partial charge in [-0.1, -0.05) is 0 Å². The van der Waals surface area contributed by atoms with Crippen LogP contribution in [0, 0.1) is 11.6 Å². The zero-order chi connectivity index (χ0) is 17.7. The molecule has 0 amide bonds. The van der Waals surface area contributed by atoms with Gasteiger partial charge >= 0.3 is 0 Å². The lowest BCUT2D eigenvalue weighted by molar-refractivity contribution is 0.487. The molecule has 1 aliphatic heterocycles. The van der Waals surface area contributed by atoms with Crippen LogP contribution in [0.4, 0.5) is 8.78 Å². The minimum Gasteiger partial charge on any atom is -0.268 e. The maximum absolute atomic E-state index is 14.5. The Morgan fingerprint density at radius 1 is 1.08 bits per heavy atom. The van der Waals surface area contributed by atoms with Gasteiger partial charge in [-0.2, -0.15) is 10.2 Å². The molecule has 0 bridgehead atoms. The van der Waals surface area contributed by atoms with Crippen LogP contribution < -0.4 is 0 Å². The standard InChI is InChI=1S/C18H14F2N6/c19-10-7-13(20)16(22-8-10)17-15(14-3-1-2-6-26(14)25-17)11-4-5-21-18-12(11)9-23-24-18/h4-5,7-9H,1-3,6H2,(H,21,23,24). The first-order valence-corrected chi connectivity index (χ1v) is 8.42. The van der Waals surface area contributed by atoms with E-state index in [0.29, 0.717) is 11.3 Å². The molecule has 6 nitrogen and oxygen atoms in total. The van der Waals surface area contributed by atoms with Gasteiger partial charge in [0.1, 0.15) is 17.2 Å². The minimum absolute atomic E-state index is 0.0526. The van der Waals surface area contributed by atoms with Gasteiger partial charge in [-0.25, -0.2) is 18.7 Å². The Balaban J connectivity index is 1.84. The maximum atomic E-state index is 14.5. The number of H-pyrrole nitrogens is 1. The van der Waals surface area contributed by atoms with Crippen LogP contribution >= 0.6 is 0 Å². The predicted molar refractivity (Wildman–Crippen MR) is 91.2 cm³/mol. The van der Waals surface area contributed by atoms with E-state index in [1.165, 1.54) is 0 Å². The first kappa shape index (κ1) is 15.1. The molecule has 0 unspecified atom stereocenters. The van der Waals surface area contributed by atoms with Gasteiger partial charge in [-0.15, -0.1) is 0 Å². The number of halogens is 2. The molecule has 1 N–H and O–H groups in total. The minimum atomic E-state index is -0.723. The van der Waals surface area contributed by atoms with E-state index in [1.807, 2.05) is 10.7 Å². The van der Waals surface area contributed by atoms with Crippen molar-refractivity contribution in [3.63, 3.8) is 0 Å². The number of rotatable bonds is 2. The monoisotopic (exact) mass is 352 g/mol. The van der Waals surface area contributed by atoms with Crippen LogP contribution in [0.25, 0.3) is 33.5 Å². The maximum Gasteiger partial charge on any atom is 0.155 e. The van der Waals surface area contributed by atoms with Crippen molar-refractivity contribution in [1.29, 1.82) is 0 Å². The first-order chi connectivity index (χ1) is 12.7. The van der Waals surface area contributed by atoms with Crippen LogP contribution in [0.5, 0.6) is 0 Å². The SMILES string of the molecule is Fc1cnc(-c2nn3c(c2-c2ccnc4[nH]ncc24)CCCC3)c(F)c1. The number of pyridine rings is 2. The van der Waals surface area contributed by atoms with Gasteiger partial charge in [0.2, 0.25) is 0 Å². The normalized spacial score (nSPS) is 13.9. The fraction of sp³-hybridized carbons (Fsp3) is 0.222. The Morgan fingerprint density at radius 2 is 2.00 bits per heavy atom. The van der Waals surface area contributed by atoms with E-state index >= 15 is 0 Å². The average Bonchev–Trinajstić information content (AvgIpc) is 3.26. The summed E-state index contributed by atoms with van der Waals surface area (Å²) in [5.41, 5.74) is 3.84. The molecule has 0 saturated heterocycles. The van der Waals surface area contributed by atoms with Crippen molar-refractivity contribution in [2.75, 3.05) is 0 Å². The van der Waals surface area contributed by atoms with Gasteiger partial charge in [-0.3, -0.25) is 9.78 Å². The highest BCUT2D eigenvalue weighted by Crippen LogP contribution is 2.39. The summed E-state index contributed by atoms with van der Waals surface area (Å²) in [6.07, 6.45) is 7.29. The van der Waals surface area contributed by atoms with Crippen molar-refractivity contribution in [3.05, 3.63) is 48.1 Å². The number of hydrogen-bond acceptors (Lipinski definition) is 4. The van der Waals surface area contributed by atoms with Crippen molar-refractivity contribution in [2.24, 2.45) is 0 Å². The van der Waals surface area contributed by atoms with Crippen molar-refractivity contribution in [2.45, 2.75) is 25.8 Å². The fourth-order valence-corrected chi connectivity index (χ4v) is 3.60. The van der Waals surface area contributed by atoms with Gasteiger partial charge in [0.05, 0.1) is 12.4 Å². The van der Waals surface area contributed by atoms with Gasteiger partial charge in [0, 0.05) is 35.5 Å². The molecule has 0 spiro atoms. The Bertz CT molecular complexity index is 1130. The highest BCUT2D eigenvalue weighted by Gasteiger charge is 2.26. The molecule has 0 saturated carbocycles. The van der Waals surface area contributed by atoms with Gasteiger partial charge in [0.25, 0.3) is 0 Å². The van der Waals surface area contributed by atoms with Crippen LogP contribution in [-0.2, 0) is 13.0 Å². The molecule has 0 aliphatic carbocycles. The molecule has 5 heterocycles. The Kier molecular flexibility index (Phi) is 3.31. The molecule has 1 aliphatic rings. The van der Waals surface area contributed by atoms with E-state index in [1.54, 1.807) is 12.4 Å². The van der Waals surface area contributed by atoms with Crippen LogP contribution in [0.1, 0.15) is 18.5 Å². The highest BCUT2D eigenvalue weighted by atomic mass is 19.1. The van der Waals surface area contributed by atoms with E-state index in [0.717, 1.165) is 60.3 Å². The Hall–Kier alpha value is -3.16. The number of aromatic nitrogens is 6. The quantitative estimate of drug-likeness (QED) is 0.599. The third-order valence-electron chi connectivity index (χ3n) is 4.75. The molecule has 26 heavy (non-hydrogen) atoms. The Morgan fingerprint density at radius 3 is 2.88 bits per heavy atom. The predicted octanol–water partition coefficient (Wildman–Crippen LogP) is 3.50. The van der Waals surface area contributed by atoms with Gasteiger partial charge in [-0.05, 0) is 30.9 Å². The second kappa shape index (κ2) is 5.69. The van der Waals surface area contributed by atoms with Gasteiger partial charge in [0.15, 0.2) is 11.5 Å². The lowest BCUT2D eigenvalue weighted by atomic mass is 9.96. The van der Waals surface area contributed by atoms with E-state index < -0.39 is 11.6 Å². The second-order valence-electron chi connectivity index (χ2n) is 6.33. The summed E-state index contributed by atoms with van der Waals surface area (Å²) >= 11 is 0. The van der Waals surface area contributed by atoms with Crippen LogP contribution in [0.15, 0.2) is 30.7 Å². The fourth-order valence-electron chi connectivity index (χ4n) is 3.60. The summed E-state index contributed by atoms with van der Waals surface area (Å²) in [4.78, 5) is 8.25. The summed E-state index contributed by atoms with van der Waals surface area (Å²) in [6, 6.07) is 2.71. The average molecular weight is 352 g/mol. The molecule has 0 fully saturated rings. The summed E-state index contributed by atoms with van der Waals surface area (Å²) in [6.45, 7) is 0.769. The van der Waals surface area contributed by atoms with Crippen LogP contribution in [0.3, 0.4) is 0 Å². The van der Waals surface area contributed by atoms with Crippen LogP contribution in [-0.4, -0.2) is 29.9 Å². The molecule has 0 radical (unpaired) electrons. The van der Waals surface area contributed by atoms with Crippen molar-refractivity contribution in [1.82, 2.24) is 29.9 Å². The van der Waals surface area contributed by atoms with Crippen molar-refractivity contribution >= 4 is 11.0 Å². The molecule has 8 heteroatoms. The van der Waals surface area contributed by atoms with E-state index in [4.69, 9.17) is 0 Å². The number of nitrogens with zero attached hydrogens (tertiary/aromatic N) is 5. The summed E-state index contributed by atoms with van der Waals surface area (Å²) in [5, 5.41) is 12.4. The molecule has 5 rings (SSSR count). The number of hydrogen-bond donors (Lipinski definition) is 1. The highest BCUT2D eigenvalue weighted by molar-refractivity contribution is 5.97. The van der Waals surface area contributed by atoms with Gasteiger partial charge < -0.3 is 0 Å². The molecule has 4 aromatic heterocycles. The second-order valence-corrected chi connectivity index (χ2v) is 6.33. The molecular weight excluding hydrogens is 338 g/mol.